The van der Waals surface area contributed by atoms with E-state index in [0.29, 0.717) is 36.8 Å². The van der Waals surface area contributed by atoms with Crippen molar-refractivity contribution in [1.29, 1.82) is 0 Å². The number of hydrogen-bond donors (Lipinski definition) is 3. The number of rotatable bonds is 6. The quantitative estimate of drug-likeness (QED) is 0.324. The van der Waals surface area contributed by atoms with Crippen molar-refractivity contribution in [3.63, 3.8) is 0 Å². The molecule has 1 saturated heterocycles. The van der Waals surface area contributed by atoms with Crippen molar-refractivity contribution in [1.82, 2.24) is 9.80 Å². The predicted molar refractivity (Wildman–Crippen MR) is 118 cm³/mol. The number of non-ortho nitro benzene ring substituents is 1. The molecule has 11 heteroatoms. The number of carboxylic acid groups (broad SMARTS) is 2. The van der Waals surface area contributed by atoms with Crippen molar-refractivity contribution in [3.05, 3.63) is 52.1 Å². The maximum Gasteiger partial charge on any atom is 0.328 e. The van der Waals surface area contributed by atoms with Gasteiger partial charge in [0.25, 0.3) is 11.6 Å². The van der Waals surface area contributed by atoms with Gasteiger partial charge in [-0.15, -0.1) is 0 Å². The molecule has 0 aromatic heterocycles. The zero-order chi connectivity index (χ0) is 24.5. The van der Waals surface area contributed by atoms with E-state index in [2.05, 4.69) is 4.90 Å². The lowest BCUT2D eigenvalue weighted by atomic mass is 9.94. The molecular formula is C22H29N3O8. The third kappa shape index (κ3) is 7.65. The van der Waals surface area contributed by atoms with Gasteiger partial charge in [-0.1, -0.05) is 19.3 Å². The molecular weight excluding hydrogens is 434 g/mol. The first kappa shape index (κ1) is 25.9. The molecule has 2 atom stereocenters. The molecule has 33 heavy (non-hydrogen) atoms. The smallest absolute Gasteiger partial charge is 0.328 e. The first-order valence-electron chi connectivity index (χ1n) is 10.7. The van der Waals surface area contributed by atoms with Crippen molar-refractivity contribution in [2.75, 3.05) is 20.1 Å². The molecule has 1 heterocycles. The van der Waals surface area contributed by atoms with Crippen molar-refractivity contribution in [2.24, 2.45) is 0 Å². The lowest BCUT2D eigenvalue weighted by Gasteiger charge is -2.31. The summed E-state index contributed by atoms with van der Waals surface area (Å²) in [5.74, 6) is -2.73. The summed E-state index contributed by atoms with van der Waals surface area (Å²) in [7, 11) is 1.70. The molecule has 0 radical (unpaired) electrons. The van der Waals surface area contributed by atoms with E-state index in [4.69, 9.17) is 10.2 Å². The average molecular weight is 463 g/mol. The van der Waals surface area contributed by atoms with Gasteiger partial charge in [0.2, 0.25) is 0 Å². The van der Waals surface area contributed by atoms with Crippen molar-refractivity contribution in [2.45, 2.75) is 50.3 Å². The molecule has 3 rings (SSSR count). The highest BCUT2D eigenvalue weighted by atomic mass is 16.6. The lowest BCUT2D eigenvalue weighted by molar-refractivity contribution is -0.384. The van der Waals surface area contributed by atoms with E-state index in [1.165, 1.54) is 56.4 Å². The van der Waals surface area contributed by atoms with E-state index in [1.54, 1.807) is 11.9 Å². The summed E-state index contributed by atoms with van der Waals surface area (Å²) >= 11 is 0. The van der Waals surface area contributed by atoms with E-state index in [0.717, 1.165) is 0 Å². The summed E-state index contributed by atoms with van der Waals surface area (Å²) in [6, 6.07) is 5.87. The zero-order valence-electron chi connectivity index (χ0n) is 18.4. The number of nitrogens with zero attached hydrogens (tertiary/aromatic N) is 3. The topological polar surface area (TPSA) is 162 Å². The molecule has 0 bridgehead atoms. The summed E-state index contributed by atoms with van der Waals surface area (Å²) in [6.07, 6.45) is 6.64. The SMILES string of the molecule is CN(C(=O)c1ccc([N+](=O)[O-])cc1)C1CN(C2CCCCC2)CC1O.O=C(O)C=CC(=O)O. The monoisotopic (exact) mass is 463 g/mol. The lowest BCUT2D eigenvalue weighted by Crippen LogP contribution is -2.44. The number of nitro benzene ring substituents is 1. The number of aliphatic hydroxyl groups excluding tert-OH is 1. The van der Waals surface area contributed by atoms with E-state index in [1.807, 2.05) is 0 Å². The van der Waals surface area contributed by atoms with Crippen LogP contribution in [0.25, 0.3) is 0 Å². The molecule has 1 aliphatic carbocycles. The molecule has 2 fully saturated rings. The maximum absolute atomic E-state index is 12.7. The summed E-state index contributed by atoms with van der Waals surface area (Å²) in [4.78, 5) is 45.9. The number of likely N-dealkylation sites (tertiary alicyclic amines) is 1. The van der Waals surface area contributed by atoms with Crippen molar-refractivity contribution >= 4 is 23.5 Å². The molecule has 2 aliphatic rings. The molecule has 1 aliphatic heterocycles. The van der Waals surface area contributed by atoms with Gasteiger partial charge < -0.3 is 20.2 Å². The Balaban J connectivity index is 0.000000414. The number of nitro groups is 1. The van der Waals surface area contributed by atoms with Crippen LogP contribution >= 0.6 is 0 Å². The molecule has 1 aromatic rings. The minimum atomic E-state index is -1.26. The predicted octanol–water partition coefficient (Wildman–Crippen LogP) is 1.76. The highest BCUT2D eigenvalue weighted by molar-refractivity contribution is 5.94. The number of carbonyl (C=O) groups excluding carboxylic acids is 1. The second-order valence-electron chi connectivity index (χ2n) is 8.11. The third-order valence-corrected chi connectivity index (χ3v) is 5.89. The molecule has 180 valence electrons. The fourth-order valence-corrected chi connectivity index (χ4v) is 4.15. The summed E-state index contributed by atoms with van der Waals surface area (Å²) in [5.41, 5.74) is 0.361. The van der Waals surface area contributed by atoms with Gasteiger partial charge in [-0.3, -0.25) is 19.8 Å². The van der Waals surface area contributed by atoms with Gasteiger partial charge in [-0.05, 0) is 25.0 Å². The average Bonchev–Trinajstić information content (AvgIpc) is 3.19. The van der Waals surface area contributed by atoms with Crippen LogP contribution in [0.2, 0.25) is 0 Å². The Bertz CT molecular complexity index is 864. The second-order valence-corrected chi connectivity index (χ2v) is 8.11. The Labute approximate surface area is 191 Å². The minimum absolute atomic E-state index is 0.0384. The van der Waals surface area contributed by atoms with Crippen LogP contribution in [0.4, 0.5) is 5.69 Å². The van der Waals surface area contributed by atoms with Gasteiger partial charge in [-0.2, -0.15) is 0 Å². The largest absolute Gasteiger partial charge is 0.478 e. The highest BCUT2D eigenvalue weighted by Crippen LogP contribution is 2.27. The van der Waals surface area contributed by atoms with Gasteiger partial charge >= 0.3 is 11.9 Å². The summed E-state index contributed by atoms with van der Waals surface area (Å²) in [6.45, 7) is 1.29. The first-order valence-corrected chi connectivity index (χ1v) is 10.7. The van der Waals surface area contributed by atoms with Crippen LogP contribution in [0.5, 0.6) is 0 Å². The van der Waals surface area contributed by atoms with Crippen LogP contribution in [-0.4, -0.2) is 86.2 Å². The van der Waals surface area contributed by atoms with Gasteiger partial charge in [0.15, 0.2) is 0 Å². The van der Waals surface area contributed by atoms with Crippen LogP contribution < -0.4 is 0 Å². The molecule has 3 N–H and O–H groups in total. The number of benzene rings is 1. The number of likely N-dealkylation sites (N-methyl/N-ethyl adjacent to an activating group) is 1. The molecule has 1 amide bonds. The van der Waals surface area contributed by atoms with Crippen LogP contribution in [0.1, 0.15) is 42.5 Å². The molecule has 1 saturated carbocycles. The zero-order valence-corrected chi connectivity index (χ0v) is 18.4. The van der Waals surface area contributed by atoms with E-state index >= 15 is 0 Å². The Kier molecular flexibility index (Phi) is 9.49. The number of aliphatic hydroxyl groups is 1. The fraction of sp³-hybridized carbons (Fsp3) is 0.500. The van der Waals surface area contributed by atoms with Crippen LogP contribution in [0, 0.1) is 10.1 Å². The first-order chi connectivity index (χ1) is 15.6. The number of amides is 1. The second kappa shape index (κ2) is 12.1. The molecule has 1 aromatic carbocycles. The van der Waals surface area contributed by atoms with Gasteiger partial charge in [-0.25, -0.2) is 9.59 Å². The Morgan fingerprint density at radius 2 is 1.58 bits per heavy atom. The number of carbonyl (C=O) groups is 3. The van der Waals surface area contributed by atoms with Gasteiger partial charge in [0.05, 0.1) is 17.1 Å². The van der Waals surface area contributed by atoms with E-state index in [-0.39, 0.29) is 17.6 Å². The fourth-order valence-electron chi connectivity index (χ4n) is 4.15. The van der Waals surface area contributed by atoms with Crippen molar-refractivity contribution in [3.8, 4) is 0 Å². The summed E-state index contributed by atoms with van der Waals surface area (Å²) < 4.78 is 0. The Morgan fingerprint density at radius 1 is 1.03 bits per heavy atom. The van der Waals surface area contributed by atoms with Crippen molar-refractivity contribution < 1.29 is 34.6 Å². The normalized spacial score (nSPS) is 21.3. The van der Waals surface area contributed by atoms with Crippen LogP contribution in [0.3, 0.4) is 0 Å². The van der Waals surface area contributed by atoms with Crippen LogP contribution in [-0.2, 0) is 9.59 Å². The standard InChI is InChI=1S/C18H25N3O4.C4H4O4/c1-19(18(23)13-7-9-15(10-8-13)21(24)25)16-11-20(12-17(16)22)14-5-3-2-4-6-14;5-3(6)1-2-4(7)8/h7-10,14,16-17,22H,2-6,11-12H2,1H3;1-2H,(H,5,6)(H,7,8). The maximum atomic E-state index is 12.7. The molecule has 0 spiro atoms. The number of carboxylic acids is 2. The highest BCUT2D eigenvalue weighted by Gasteiger charge is 2.39. The van der Waals surface area contributed by atoms with Gasteiger partial charge in [0, 0.05) is 56.0 Å². The van der Waals surface area contributed by atoms with Gasteiger partial charge in [0.1, 0.15) is 0 Å². The Hall–Kier alpha value is -3.31. The number of hydrogen-bond acceptors (Lipinski definition) is 7. The number of aliphatic carboxylic acids is 2. The molecule has 2 unspecified atom stereocenters. The van der Waals surface area contributed by atoms with E-state index in [9.17, 15) is 29.6 Å². The molecule has 11 nitrogen and oxygen atoms in total. The number of β-amino-alcohol motifs (C(OH)–C–C–N with tert-alkyl or cyclic N) is 1. The minimum Gasteiger partial charge on any atom is -0.478 e. The third-order valence-electron chi connectivity index (χ3n) is 5.89. The summed E-state index contributed by atoms with van der Waals surface area (Å²) in [5, 5.41) is 36.8. The Morgan fingerprint density at radius 3 is 2.06 bits per heavy atom. The van der Waals surface area contributed by atoms with E-state index < -0.39 is 23.0 Å². The van der Waals surface area contributed by atoms with Crippen LogP contribution in [0.15, 0.2) is 36.4 Å².